The normalized spacial score (nSPS) is 10.8. The van der Waals surface area contributed by atoms with E-state index in [0.717, 1.165) is 11.3 Å². The van der Waals surface area contributed by atoms with Gasteiger partial charge in [-0.3, -0.25) is 9.78 Å². The second-order valence-electron chi connectivity index (χ2n) is 5.17. The molecule has 0 radical (unpaired) electrons. The Bertz CT molecular complexity index is 1020. The van der Waals surface area contributed by atoms with Crippen LogP contribution in [0.4, 0.5) is 0 Å². The zero-order chi connectivity index (χ0) is 15.6. The van der Waals surface area contributed by atoms with Gasteiger partial charge in [0.2, 0.25) is 0 Å². The van der Waals surface area contributed by atoms with Gasteiger partial charge < -0.3 is 0 Å². The molecule has 2 aromatic carbocycles. The van der Waals surface area contributed by atoms with Crippen molar-refractivity contribution in [3.63, 3.8) is 0 Å². The lowest BCUT2D eigenvalue weighted by Crippen LogP contribution is -2.22. The highest BCUT2D eigenvalue weighted by Crippen LogP contribution is 2.23. The quantitative estimate of drug-likeness (QED) is 0.569. The Hall–Kier alpha value is -3.27. The van der Waals surface area contributed by atoms with E-state index in [1.165, 1.54) is 4.68 Å². The van der Waals surface area contributed by atoms with Crippen LogP contribution >= 0.6 is 0 Å². The number of hydrogen-bond donors (Lipinski definition) is 0. The first-order chi connectivity index (χ1) is 11.3. The molecule has 0 atom stereocenters. The van der Waals surface area contributed by atoms with E-state index in [0.29, 0.717) is 16.6 Å². The third-order valence-corrected chi connectivity index (χ3v) is 3.70. The molecule has 0 spiro atoms. The third-order valence-electron chi connectivity index (χ3n) is 3.70. The average Bonchev–Trinajstić information content (AvgIpc) is 2.64. The molecule has 4 rings (SSSR count). The highest BCUT2D eigenvalue weighted by atomic mass is 16.1. The minimum absolute atomic E-state index is 0.168. The van der Waals surface area contributed by atoms with Crippen molar-refractivity contribution in [1.29, 1.82) is 0 Å². The van der Waals surface area contributed by atoms with E-state index in [2.05, 4.69) is 10.1 Å². The Labute approximate surface area is 132 Å². The predicted molar refractivity (Wildman–Crippen MR) is 90.6 cm³/mol. The molecule has 110 valence electrons. The topological polar surface area (TPSA) is 47.8 Å². The maximum Gasteiger partial charge on any atom is 0.280 e. The van der Waals surface area contributed by atoms with Gasteiger partial charge in [0.15, 0.2) is 0 Å². The number of benzene rings is 2. The monoisotopic (exact) mass is 299 g/mol. The molecule has 0 saturated heterocycles. The van der Waals surface area contributed by atoms with Crippen LogP contribution in [0.5, 0.6) is 0 Å². The number of rotatable bonds is 2. The summed E-state index contributed by atoms with van der Waals surface area (Å²) >= 11 is 0. The van der Waals surface area contributed by atoms with Crippen LogP contribution in [0.2, 0.25) is 0 Å². The van der Waals surface area contributed by atoms with Crippen molar-refractivity contribution in [1.82, 2.24) is 14.8 Å². The van der Waals surface area contributed by atoms with Gasteiger partial charge in [-0.2, -0.15) is 9.78 Å². The van der Waals surface area contributed by atoms with Crippen LogP contribution in [0.15, 0.2) is 83.8 Å². The maximum atomic E-state index is 12.8. The highest BCUT2D eigenvalue weighted by Gasteiger charge is 2.13. The molecule has 4 heteroatoms. The molecule has 0 fully saturated rings. The van der Waals surface area contributed by atoms with Gasteiger partial charge in [0, 0.05) is 11.8 Å². The molecule has 0 aliphatic heterocycles. The second-order valence-corrected chi connectivity index (χ2v) is 5.17. The molecule has 0 N–H and O–H groups in total. The standard InChI is InChI=1S/C19H13N3O/c23-19-16-12-7-13-20-18(16)17(14-8-3-1-4-9-14)21-22(19)15-10-5-2-6-11-15/h1-13H. The summed E-state index contributed by atoms with van der Waals surface area (Å²) in [7, 11) is 0. The Kier molecular flexibility index (Phi) is 3.20. The van der Waals surface area contributed by atoms with Gasteiger partial charge >= 0.3 is 0 Å². The predicted octanol–water partition coefficient (Wildman–Crippen LogP) is 3.45. The summed E-state index contributed by atoms with van der Waals surface area (Å²) in [5.74, 6) is 0. The molecule has 0 aliphatic carbocycles. The minimum atomic E-state index is -0.168. The second kappa shape index (κ2) is 5.50. The number of para-hydroxylation sites is 1. The van der Waals surface area contributed by atoms with E-state index in [9.17, 15) is 4.79 Å². The van der Waals surface area contributed by atoms with Crippen molar-refractivity contribution in [2.24, 2.45) is 0 Å². The first kappa shape index (κ1) is 13.4. The van der Waals surface area contributed by atoms with Crippen molar-refractivity contribution >= 4 is 10.9 Å². The molecule has 23 heavy (non-hydrogen) atoms. The molecule has 0 bridgehead atoms. The number of aromatic nitrogens is 3. The smallest absolute Gasteiger partial charge is 0.267 e. The number of pyridine rings is 1. The summed E-state index contributed by atoms with van der Waals surface area (Å²) in [5, 5.41) is 5.14. The SMILES string of the molecule is O=c1c2cccnc2c(-c2ccccc2)nn1-c1ccccc1. The first-order valence-electron chi connectivity index (χ1n) is 7.33. The number of fused-ring (bicyclic) bond motifs is 1. The Morgan fingerprint density at radius 2 is 1.48 bits per heavy atom. The number of nitrogens with zero attached hydrogens (tertiary/aromatic N) is 3. The van der Waals surface area contributed by atoms with Crippen LogP contribution in [-0.2, 0) is 0 Å². The first-order valence-corrected chi connectivity index (χ1v) is 7.33. The van der Waals surface area contributed by atoms with Gasteiger partial charge in [-0.1, -0.05) is 48.5 Å². The maximum absolute atomic E-state index is 12.8. The largest absolute Gasteiger partial charge is 0.280 e. The van der Waals surface area contributed by atoms with Crippen LogP contribution in [-0.4, -0.2) is 14.8 Å². The van der Waals surface area contributed by atoms with Gasteiger partial charge in [0.05, 0.1) is 11.1 Å². The van der Waals surface area contributed by atoms with Crippen molar-refractivity contribution in [3.8, 4) is 16.9 Å². The van der Waals surface area contributed by atoms with Gasteiger partial charge in [0.25, 0.3) is 5.56 Å². The van der Waals surface area contributed by atoms with Crippen molar-refractivity contribution in [3.05, 3.63) is 89.3 Å². The fourth-order valence-corrected chi connectivity index (χ4v) is 2.61. The third kappa shape index (κ3) is 2.30. The summed E-state index contributed by atoms with van der Waals surface area (Å²) in [5.41, 5.74) is 2.82. The molecule has 0 amide bonds. The van der Waals surface area contributed by atoms with Gasteiger partial charge in [-0.25, -0.2) is 0 Å². The van der Waals surface area contributed by atoms with Crippen LogP contribution in [0, 0.1) is 0 Å². The lowest BCUT2D eigenvalue weighted by atomic mass is 10.1. The summed E-state index contributed by atoms with van der Waals surface area (Å²) in [6.45, 7) is 0. The number of hydrogen-bond acceptors (Lipinski definition) is 3. The lowest BCUT2D eigenvalue weighted by Gasteiger charge is -2.10. The van der Waals surface area contributed by atoms with E-state index in [1.54, 1.807) is 18.3 Å². The Morgan fingerprint density at radius 3 is 2.22 bits per heavy atom. The van der Waals surface area contributed by atoms with E-state index < -0.39 is 0 Å². The van der Waals surface area contributed by atoms with Crippen LogP contribution < -0.4 is 5.56 Å². The van der Waals surface area contributed by atoms with E-state index in [-0.39, 0.29) is 5.56 Å². The van der Waals surface area contributed by atoms with Crippen LogP contribution in [0.1, 0.15) is 0 Å². The average molecular weight is 299 g/mol. The molecule has 0 saturated carbocycles. The fraction of sp³-hybridized carbons (Fsp3) is 0. The van der Waals surface area contributed by atoms with E-state index in [1.807, 2.05) is 60.7 Å². The molecule has 2 heterocycles. The Balaban J connectivity index is 2.11. The lowest BCUT2D eigenvalue weighted by molar-refractivity contribution is 0.824. The Morgan fingerprint density at radius 1 is 0.783 bits per heavy atom. The highest BCUT2D eigenvalue weighted by molar-refractivity contribution is 5.90. The van der Waals surface area contributed by atoms with E-state index >= 15 is 0 Å². The molecule has 2 aromatic heterocycles. The van der Waals surface area contributed by atoms with Crippen molar-refractivity contribution < 1.29 is 0 Å². The van der Waals surface area contributed by atoms with Crippen molar-refractivity contribution in [2.75, 3.05) is 0 Å². The summed E-state index contributed by atoms with van der Waals surface area (Å²) in [6, 6.07) is 22.8. The van der Waals surface area contributed by atoms with Gasteiger partial charge in [-0.15, -0.1) is 0 Å². The van der Waals surface area contributed by atoms with Gasteiger partial charge in [0.1, 0.15) is 11.2 Å². The zero-order valence-electron chi connectivity index (χ0n) is 12.3. The molecule has 4 aromatic rings. The van der Waals surface area contributed by atoms with Crippen LogP contribution in [0.25, 0.3) is 27.8 Å². The molecule has 0 unspecified atom stereocenters. The van der Waals surface area contributed by atoms with Crippen molar-refractivity contribution in [2.45, 2.75) is 0 Å². The minimum Gasteiger partial charge on any atom is -0.267 e. The van der Waals surface area contributed by atoms with Crippen LogP contribution in [0.3, 0.4) is 0 Å². The summed E-state index contributed by atoms with van der Waals surface area (Å²) in [6.07, 6.45) is 1.68. The summed E-state index contributed by atoms with van der Waals surface area (Å²) < 4.78 is 1.44. The summed E-state index contributed by atoms with van der Waals surface area (Å²) in [4.78, 5) is 17.2. The fourth-order valence-electron chi connectivity index (χ4n) is 2.61. The molecular weight excluding hydrogens is 286 g/mol. The molecule has 4 nitrogen and oxygen atoms in total. The zero-order valence-corrected chi connectivity index (χ0v) is 12.3. The molecular formula is C19H13N3O. The molecule has 0 aliphatic rings. The van der Waals surface area contributed by atoms with E-state index in [4.69, 9.17) is 0 Å². The van der Waals surface area contributed by atoms with Gasteiger partial charge in [-0.05, 0) is 24.3 Å².